The predicted molar refractivity (Wildman–Crippen MR) is 160 cm³/mol. The lowest BCUT2D eigenvalue weighted by Gasteiger charge is -2.38. The van der Waals surface area contributed by atoms with E-state index in [2.05, 4.69) is 25.0 Å². The number of unbranched alkanes of at least 4 members (excludes halogenated alkanes) is 4. The maximum absolute atomic E-state index is 14.5. The summed E-state index contributed by atoms with van der Waals surface area (Å²) < 4.78 is 10.1. The number of rotatable bonds is 17. The zero-order chi connectivity index (χ0) is 29.5. The Morgan fingerprint density at radius 3 is 2.59 bits per heavy atom. The number of allylic oxidation sites excluding steroid dienone is 1. The van der Waals surface area contributed by atoms with E-state index in [1.807, 2.05) is 4.90 Å². The molecule has 230 valence electrons. The Morgan fingerprint density at radius 1 is 1.12 bits per heavy atom. The average Bonchev–Trinajstić information content (AvgIpc) is 3.54. The summed E-state index contributed by atoms with van der Waals surface area (Å²) in [5.41, 5.74) is 0. The molecular weight excluding hydrogens is 542 g/mol. The van der Waals surface area contributed by atoms with E-state index >= 15 is 0 Å². The number of hydrogen-bond acceptors (Lipinski definition) is 8. The molecule has 5 atom stereocenters. The Morgan fingerprint density at radius 2 is 1.88 bits per heavy atom. The van der Waals surface area contributed by atoms with Gasteiger partial charge in [0.05, 0.1) is 36.4 Å². The fourth-order valence-electron chi connectivity index (χ4n) is 7.25. The molecule has 9 nitrogen and oxygen atoms in total. The first kappa shape index (κ1) is 32.0. The van der Waals surface area contributed by atoms with Crippen molar-refractivity contribution in [1.82, 2.24) is 14.7 Å². The van der Waals surface area contributed by atoms with Crippen LogP contribution in [0.4, 0.5) is 0 Å². The Labute approximate surface area is 249 Å². The van der Waals surface area contributed by atoms with Crippen molar-refractivity contribution < 1.29 is 29.0 Å². The molecule has 0 saturated carbocycles. The smallest absolute Gasteiger partial charge is 0.311 e. The minimum absolute atomic E-state index is 0.0406. The van der Waals surface area contributed by atoms with Gasteiger partial charge in [-0.2, -0.15) is 0 Å². The van der Waals surface area contributed by atoms with Gasteiger partial charge in [-0.05, 0) is 45.4 Å². The minimum Gasteiger partial charge on any atom is -0.465 e. The molecular formula is C31H49N3O6S. The number of carbonyl (C=O) groups is 3. The summed E-state index contributed by atoms with van der Waals surface area (Å²) in [5.74, 6) is -1.56. The third-order valence-corrected chi connectivity index (χ3v) is 11.3. The van der Waals surface area contributed by atoms with Gasteiger partial charge in [-0.3, -0.25) is 19.3 Å². The fourth-order valence-corrected chi connectivity index (χ4v) is 9.59. The van der Waals surface area contributed by atoms with Gasteiger partial charge in [0, 0.05) is 50.6 Å². The topological polar surface area (TPSA) is 99.6 Å². The third kappa shape index (κ3) is 6.71. The normalized spacial score (nSPS) is 30.8. The zero-order valence-electron chi connectivity index (χ0n) is 24.8. The molecule has 1 spiro atoms. The van der Waals surface area contributed by atoms with Crippen LogP contribution in [0.1, 0.15) is 58.3 Å². The molecule has 4 aliphatic rings. The SMILES string of the molecule is C=CCCCOC(=O)[C@H]1[C@H]2C(=O)N(CCCCCCO)C(C(=O)N(CC=C)CCN3CCOCC3)C23CC[C@]1(C)S3. The number of fused-ring (bicyclic) bond motifs is 1. The highest BCUT2D eigenvalue weighted by Gasteiger charge is 2.77. The first-order valence-electron chi connectivity index (χ1n) is 15.4. The second-order valence-electron chi connectivity index (χ2n) is 12.0. The molecule has 10 heteroatoms. The van der Waals surface area contributed by atoms with E-state index in [1.165, 1.54) is 0 Å². The van der Waals surface area contributed by atoms with Crippen molar-refractivity contribution >= 4 is 29.5 Å². The van der Waals surface area contributed by atoms with Gasteiger partial charge in [-0.1, -0.05) is 25.0 Å². The zero-order valence-corrected chi connectivity index (χ0v) is 25.6. The summed E-state index contributed by atoms with van der Waals surface area (Å²) in [6, 6.07) is -0.618. The molecule has 0 aromatic carbocycles. The van der Waals surface area contributed by atoms with Gasteiger partial charge in [0.1, 0.15) is 6.04 Å². The van der Waals surface area contributed by atoms with E-state index in [0.717, 1.165) is 64.6 Å². The van der Waals surface area contributed by atoms with E-state index < -0.39 is 27.4 Å². The monoisotopic (exact) mass is 591 g/mol. The third-order valence-electron chi connectivity index (χ3n) is 9.32. The van der Waals surface area contributed by atoms with Crippen LogP contribution in [-0.2, 0) is 23.9 Å². The van der Waals surface area contributed by atoms with Gasteiger partial charge in [0.2, 0.25) is 11.8 Å². The molecule has 1 N–H and O–H groups in total. The fraction of sp³-hybridized carbons (Fsp3) is 0.774. The molecule has 4 rings (SSSR count). The van der Waals surface area contributed by atoms with E-state index in [9.17, 15) is 19.5 Å². The summed E-state index contributed by atoms with van der Waals surface area (Å²) in [5, 5.41) is 9.18. The predicted octanol–water partition coefficient (Wildman–Crippen LogP) is 2.88. The Balaban J connectivity index is 1.58. The van der Waals surface area contributed by atoms with Crippen LogP contribution in [0.2, 0.25) is 0 Å². The lowest BCUT2D eigenvalue weighted by atomic mass is 9.66. The second-order valence-corrected chi connectivity index (χ2v) is 13.9. The Bertz CT molecular complexity index is 958. The summed E-state index contributed by atoms with van der Waals surface area (Å²) in [6.45, 7) is 15.4. The molecule has 0 aromatic heterocycles. The van der Waals surface area contributed by atoms with Crippen LogP contribution in [0.15, 0.2) is 25.3 Å². The van der Waals surface area contributed by atoms with Crippen molar-refractivity contribution in [2.24, 2.45) is 11.8 Å². The first-order chi connectivity index (χ1) is 19.8. The Hall–Kier alpha value is -1.88. The minimum atomic E-state index is -0.642. The van der Waals surface area contributed by atoms with Crippen LogP contribution < -0.4 is 0 Å². The summed E-state index contributed by atoms with van der Waals surface area (Å²) in [7, 11) is 0. The highest BCUT2D eigenvalue weighted by atomic mass is 32.2. The summed E-state index contributed by atoms with van der Waals surface area (Å²) in [6.07, 6.45) is 9.77. The van der Waals surface area contributed by atoms with E-state index in [0.29, 0.717) is 45.9 Å². The van der Waals surface area contributed by atoms with Crippen molar-refractivity contribution in [3.8, 4) is 0 Å². The maximum atomic E-state index is 14.5. The van der Waals surface area contributed by atoms with Gasteiger partial charge in [0.15, 0.2) is 0 Å². The van der Waals surface area contributed by atoms with Crippen molar-refractivity contribution in [2.45, 2.75) is 73.8 Å². The molecule has 4 heterocycles. The van der Waals surface area contributed by atoms with Crippen LogP contribution in [0.25, 0.3) is 0 Å². The van der Waals surface area contributed by atoms with E-state index in [1.54, 1.807) is 28.8 Å². The summed E-state index contributed by atoms with van der Waals surface area (Å²) in [4.78, 5) is 48.3. The number of aliphatic hydroxyl groups is 1. The number of nitrogens with zero attached hydrogens (tertiary/aromatic N) is 3. The van der Waals surface area contributed by atoms with Crippen molar-refractivity contribution in [3.05, 3.63) is 25.3 Å². The van der Waals surface area contributed by atoms with Crippen LogP contribution >= 0.6 is 11.8 Å². The number of carbonyl (C=O) groups excluding carboxylic acids is 3. The van der Waals surface area contributed by atoms with Gasteiger partial charge in [-0.25, -0.2) is 0 Å². The molecule has 2 amide bonds. The summed E-state index contributed by atoms with van der Waals surface area (Å²) >= 11 is 1.69. The van der Waals surface area contributed by atoms with Gasteiger partial charge < -0.3 is 24.4 Å². The van der Waals surface area contributed by atoms with Crippen molar-refractivity contribution in [3.63, 3.8) is 0 Å². The van der Waals surface area contributed by atoms with E-state index in [-0.39, 0.29) is 24.4 Å². The number of aliphatic hydroxyl groups excluding tert-OH is 1. The van der Waals surface area contributed by atoms with Crippen LogP contribution in [0, 0.1) is 11.8 Å². The molecule has 2 unspecified atom stereocenters. The molecule has 41 heavy (non-hydrogen) atoms. The highest BCUT2D eigenvalue weighted by molar-refractivity contribution is 8.02. The molecule has 4 fully saturated rings. The standard InChI is InChI=1S/C31H49N3O6S/c1-4-6-11-21-40-29(38)25-24-27(36)34(15-9-7-8-10-20-35)26(31(24)13-12-30(25,3)41-31)28(37)33(14-5-2)17-16-32-18-22-39-23-19-32/h4-5,24-26,35H,1-2,6-23H2,3H3/t24-,25+,26?,30-,31?/m0/s1. The number of ether oxygens (including phenoxy) is 2. The maximum Gasteiger partial charge on any atom is 0.311 e. The van der Waals surface area contributed by atoms with Crippen LogP contribution in [-0.4, -0.2) is 119 Å². The van der Waals surface area contributed by atoms with Gasteiger partial charge in [-0.15, -0.1) is 24.9 Å². The van der Waals surface area contributed by atoms with E-state index in [4.69, 9.17) is 9.47 Å². The molecule has 4 aliphatic heterocycles. The van der Waals surface area contributed by atoms with Crippen molar-refractivity contribution in [1.29, 1.82) is 0 Å². The number of amides is 2. The lowest BCUT2D eigenvalue weighted by Crippen LogP contribution is -2.56. The number of morpholine rings is 1. The van der Waals surface area contributed by atoms with Crippen LogP contribution in [0.3, 0.4) is 0 Å². The molecule has 0 aromatic rings. The molecule has 0 aliphatic carbocycles. The number of thioether (sulfide) groups is 1. The largest absolute Gasteiger partial charge is 0.465 e. The number of esters is 1. The molecule has 4 saturated heterocycles. The molecule has 2 bridgehead atoms. The highest BCUT2D eigenvalue weighted by Crippen LogP contribution is 2.71. The average molecular weight is 592 g/mol. The first-order valence-corrected chi connectivity index (χ1v) is 16.2. The van der Waals surface area contributed by atoms with Crippen LogP contribution in [0.5, 0.6) is 0 Å². The number of likely N-dealkylation sites (tertiary alicyclic amines) is 1. The van der Waals surface area contributed by atoms with Gasteiger partial charge >= 0.3 is 5.97 Å². The Kier molecular flexibility index (Phi) is 11.4. The quantitative estimate of drug-likeness (QED) is 0.157. The number of hydrogen-bond donors (Lipinski definition) is 1. The lowest BCUT2D eigenvalue weighted by molar-refractivity contribution is -0.155. The molecule has 0 radical (unpaired) electrons. The van der Waals surface area contributed by atoms with Gasteiger partial charge in [0.25, 0.3) is 0 Å². The second kappa shape index (κ2) is 14.5. The van der Waals surface area contributed by atoms with Crippen molar-refractivity contribution in [2.75, 3.05) is 65.7 Å².